The summed E-state index contributed by atoms with van der Waals surface area (Å²) in [5, 5.41) is 3.81. The highest BCUT2D eigenvalue weighted by atomic mass is 14.9. The maximum absolute atomic E-state index is 3.81. The van der Waals surface area contributed by atoms with Gasteiger partial charge in [-0.25, -0.2) is 0 Å². The van der Waals surface area contributed by atoms with Crippen molar-refractivity contribution in [3.8, 4) is 0 Å². The van der Waals surface area contributed by atoms with Gasteiger partial charge in [0, 0.05) is 12.6 Å². The number of nitrogens with one attached hydrogen (secondary N) is 1. The van der Waals surface area contributed by atoms with Gasteiger partial charge in [0.05, 0.1) is 0 Å². The minimum atomic E-state index is 0.517. The summed E-state index contributed by atoms with van der Waals surface area (Å²) in [7, 11) is 0. The molecule has 0 radical (unpaired) electrons. The van der Waals surface area contributed by atoms with Crippen molar-refractivity contribution < 1.29 is 0 Å². The SMILES string of the molecule is CCc1ccc(C(CC)NCC2(C)CCCC2)cc1. The molecule has 2 rings (SSSR count). The van der Waals surface area contributed by atoms with Crippen molar-refractivity contribution in [2.24, 2.45) is 5.41 Å². The van der Waals surface area contributed by atoms with Gasteiger partial charge in [-0.15, -0.1) is 0 Å². The van der Waals surface area contributed by atoms with Crippen molar-refractivity contribution in [1.82, 2.24) is 5.32 Å². The van der Waals surface area contributed by atoms with Gasteiger partial charge in [-0.1, -0.05) is 57.9 Å². The zero-order valence-corrected chi connectivity index (χ0v) is 12.8. The second-order valence-corrected chi connectivity index (χ2v) is 6.45. The van der Waals surface area contributed by atoms with Crippen LogP contribution in [0.15, 0.2) is 24.3 Å². The zero-order chi connectivity index (χ0) is 13.7. The predicted molar refractivity (Wildman–Crippen MR) is 83.4 cm³/mol. The van der Waals surface area contributed by atoms with Crippen LogP contribution in [0.2, 0.25) is 0 Å². The molecule has 19 heavy (non-hydrogen) atoms. The average molecular weight is 259 g/mol. The normalized spacial score (nSPS) is 19.5. The third-order valence-electron chi connectivity index (χ3n) is 4.78. The maximum atomic E-state index is 3.81. The van der Waals surface area contributed by atoms with Gasteiger partial charge in [0.2, 0.25) is 0 Å². The van der Waals surface area contributed by atoms with E-state index in [0.717, 1.165) is 6.42 Å². The smallest absolute Gasteiger partial charge is 0.0317 e. The van der Waals surface area contributed by atoms with Crippen molar-refractivity contribution in [1.29, 1.82) is 0 Å². The lowest BCUT2D eigenvalue weighted by Crippen LogP contribution is -2.32. The van der Waals surface area contributed by atoms with Crippen LogP contribution in [0.5, 0.6) is 0 Å². The Labute approximate surface area is 118 Å². The summed E-state index contributed by atoms with van der Waals surface area (Å²) in [6.45, 7) is 8.11. The minimum Gasteiger partial charge on any atom is -0.309 e. The van der Waals surface area contributed by atoms with Crippen LogP contribution in [-0.2, 0) is 6.42 Å². The highest BCUT2D eigenvalue weighted by molar-refractivity contribution is 5.25. The Kier molecular flexibility index (Phi) is 5.04. The monoisotopic (exact) mass is 259 g/mol. The van der Waals surface area contributed by atoms with Crippen LogP contribution >= 0.6 is 0 Å². The van der Waals surface area contributed by atoms with E-state index in [-0.39, 0.29) is 0 Å². The molecule has 1 N–H and O–H groups in total. The molecule has 0 amide bonds. The molecule has 0 bridgehead atoms. The first-order valence-electron chi connectivity index (χ1n) is 7.99. The molecule has 1 unspecified atom stereocenters. The van der Waals surface area contributed by atoms with Crippen LogP contribution in [0.25, 0.3) is 0 Å². The van der Waals surface area contributed by atoms with E-state index in [1.165, 1.54) is 49.8 Å². The first kappa shape index (κ1) is 14.6. The van der Waals surface area contributed by atoms with Crippen molar-refractivity contribution in [3.05, 3.63) is 35.4 Å². The molecule has 1 nitrogen and oxygen atoms in total. The molecule has 1 aromatic rings. The fourth-order valence-corrected chi connectivity index (χ4v) is 3.26. The van der Waals surface area contributed by atoms with Gasteiger partial charge in [-0.05, 0) is 42.2 Å². The van der Waals surface area contributed by atoms with Gasteiger partial charge < -0.3 is 5.32 Å². The van der Waals surface area contributed by atoms with E-state index >= 15 is 0 Å². The van der Waals surface area contributed by atoms with Crippen molar-refractivity contribution in [2.45, 2.75) is 65.3 Å². The molecule has 1 fully saturated rings. The first-order chi connectivity index (χ1) is 9.17. The van der Waals surface area contributed by atoms with E-state index in [4.69, 9.17) is 0 Å². The molecule has 0 saturated heterocycles. The van der Waals surface area contributed by atoms with E-state index in [9.17, 15) is 0 Å². The molecular weight excluding hydrogens is 230 g/mol. The summed E-state index contributed by atoms with van der Waals surface area (Å²) in [5.41, 5.74) is 3.42. The number of rotatable bonds is 6. The van der Waals surface area contributed by atoms with Gasteiger partial charge in [0.15, 0.2) is 0 Å². The molecule has 0 heterocycles. The lowest BCUT2D eigenvalue weighted by Gasteiger charge is -2.27. The summed E-state index contributed by atoms with van der Waals surface area (Å²) < 4.78 is 0. The van der Waals surface area contributed by atoms with Crippen LogP contribution in [0.3, 0.4) is 0 Å². The average Bonchev–Trinajstić information content (AvgIpc) is 2.87. The molecule has 0 aliphatic heterocycles. The lowest BCUT2D eigenvalue weighted by atomic mass is 9.88. The first-order valence-corrected chi connectivity index (χ1v) is 7.99. The van der Waals surface area contributed by atoms with Crippen LogP contribution in [0, 0.1) is 5.41 Å². The van der Waals surface area contributed by atoms with Crippen LogP contribution < -0.4 is 5.32 Å². The Balaban J connectivity index is 1.95. The summed E-state index contributed by atoms with van der Waals surface area (Å²) in [4.78, 5) is 0. The maximum Gasteiger partial charge on any atom is 0.0317 e. The van der Waals surface area contributed by atoms with Gasteiger partial charge in [-0.2, -0.15) is 0 Å². The van der Waals surface area contributed by atoms with Crippen molar-refractivity contribution in [3.63, 3.8) is 0 Å². The number of hydrogen-bond acceptors (Lipinski definition) is 1. The molecule has 1 saturated carbocycles. The molecule has 0 aromatic heterocycles. The Morgan fingerprint density at radius 3 is 2.26 bits per heavy atom. The largest absolute Gasteiger partial charge is 0.309 e. The van der Waals surface area contributed by atoms with Crippen molar-refractivity contribution >= 4 is 0 Å². The standard InChI is InChI=1S/C18H29N/c1-4-15-8-10-16(11-9-15)17(5-2)19-14-18(3)12-6-7-13-18/h8-11,17,19H,4-7,12-14H2,1-3H3. The van der Waals surface area contributed by atoms with Gasteiger partial charge in [-0.3, -0.25) is 0 Å². The van der Waals surface area contributed by atoms with E-state index in [1.807, 2.05) is 0 Å². The molecule has 1 aliphatic rings. The molecular formula is C18H29N. The molecule has 1 aliphatic carbocycles. The molecule has 106 valence electrons. The van der Waals surface area contributed by atoms with Crippen molar-refractivity contribution in [2.75, 3.05) is 6.54 Å². The number of hydrogen-bond donors (Lipinski definition) is 1. The third kappa shape index (κ3) is 3.82. The number of benzene rings is 1. The summed E-state index contributed by atoms with van der Waals surface area (Å²) in [5.74, 6) is 0. The van der Waals surface area contributed by atoms with E-state index in [0.29, 0.717) is 11.5 Å². The van der Waals surface area contributed by atoms with Gasteiger partial charge in [0.1, 0.15) is 0 Å². The Morgan fingerprint density at radius 2 is 1.74 bits per heavy atom. The Morgan fingerprint density at radius 1 is 1.11 bits per heavy atom. The highest BCUT2D eigenvalue weighted by Crippen LogP contribution is 2.37. The van der Waals surface area contributed by atoms with Crippen LogP contribution in [-0.4, -0.2) is 6.54 Å². The fraction of sp³-hybridized carbons (Fsp3) is 0.667. The highest BCUT2D eigenvalue weighted by Gasteiger charge is 2.28. The quantitative estimate of drug-likeness (QED) is 0.768. The van der Waals surface area contributed by atoms with E-state index < -0.39 is 0 Å². The topological polar surface area (TPSA) is 12.0 Å². The summed E-state index contributed by atoms with van der Waals surface area (Å²) in [6.07, 6.45) is 7.92. The Hall–Kier alpha value is -0.820. The second kappa shape index (κ2) is 6.56. The summed E-state index contributed by atoms with van der Waals surface area (Å²) in [6, 6.07) is 9.67. The zero-order valence-electron chi connectivity index (χ0n) is 12.8. The van der Waals surface area contributed by atoms with Gasteiger partial charge >= 0.3 is 0 Å². The fourth-order valence-electron chi connectivity index (χ4n) is 3.26. The third-order valence-corrected chi connectivity index (χ3v) is 4.78. The minimum absolute atomic E-state index is 0.517. The molecule has 1 atom stereocenters. The molecule has 0 spiro atoms. The second-order valence-electron chi connectivity index (χ2n) is 6.45. The molecule has 1 aromatic carbocycles. The predicted octanol–water partition coefficient (Wildman–Crippen LogP) is 4.87. The summed E-state index contributed by atoms with van der Waals surface area (Å²) >= 11 is 0. The van der Waals surface area contributed by atoms with Crippen LogP contribution in [0.4, 0.5) is 0 Å². The Bertz CT molecular complexity index is 373. The van der Waals surface area contributed by atoms with Gasteiger partial charge in [0.25, 0.3) is 0 Å². The van der Waals surface area contributed by atoms with E-state index in [2.05, 4.69) is 50.4 Å². The number of aryl methyl sites for hydroxylation is 1. The van der Waals surface area contributed by atoms with Crippen LogP contribution in [0.1, 0.15) is 70.0 Å². The lowest BCUT2D eigenvalue weighted by molar-refractivity contribution is 0.295. The molecule has 1 heteroatoms. The van der Waals surface area contributed by atoms with E-state index in [1.54, 1.807) is 0 Å².